The van der Waals surface area contributed by atoms with Crippen LogP contribution in [0.25, 0.3) is 33.3 Å². The van der Waals surface area contributed by atoms with Gasteiger partial charge in [-0.1, -0.05) is 23.7 Å². The summed E-state index contributed by atoms with van der Waals surface area (Å²) in [6.07, 6.45) is 7.99. The van der Waals surface area contributed by atoms with Gasteiger partial charge in [0, 0.05) is 71.0 Å². The summed E-state index contributed by atoms with van der Waals surface area (Å²) < 4.78 is 17.9. The number of aromatic nitrogens is 4. The Kier molecular flexibility index (Phi) is 5.98. The van der Waals surface area contributed by atoms with E-state index >= 15 is 0 Å². The van der Waals surface area contributed by atoms with Crippen LogP contribution in [-0.4, -0.2) is 43.8 Å². The Bertz CT molecular complexity index is 1250. The number of hydrogen-bond donors (Lipinski definition) is 0. The zero-order valence-corrected chi connectivity index (χ0v) is 20.5. The second kappa shape index (κ2) is 8.73. The van der Waals surface area contributed by atoms with E-state index < -0.39 is 0 Å². The quantitative estimate of drug-likeness (QED) is 0.265. The SMILES string of the molecule is CN1CCC(n2cc(-c3cnc4c(c3)c(-c3cccc(F)c3)cn4SI)c(Cl)n2)CC1. The minimum absolute atomic E-state index is 0.257. The molecule has 1 aliphatic rings. The summed E-state index contributed by atoms with van der Waals surface area (Å²) in [7, 11) is 3.68. The molecule has 160 valence electrons. The standard InChI is InChI=1S/C22H20ClFIN5S/c1-28-7-5-17(6-8-28)29-12-20(21(23)27-29)15-10-18-19(14-3-2-4-16(24)9-14)13-30(31-25)22(18)26-11-15/h2-4,9-13,17H,5-8H2,1H3. The number of rotatable bonds is 4. The number of pyridine rings is 1. The van der Waals surface area contributed by atoms with Crippen LogP contribution in [0.1, 0.15) is 18.9 Å². The monoisotopic (exact) mass is 567 g/mol. The fourth-order valence-corrected chi connectivity index (χ4v) is 5.68. The van der Waals surface area contributed by atoms with E-state index in [1.54, 1.807) is 12.1 Å². The largest absolute Gasteiger partial charge is 0.306 e. The average molecular weight is 568 g/mol. The van der Waals surface area contributed by atoms with Crippen molar-refractivity contribution in [2.24, 2.45) is 0 Å². The maximum absolute atomic E-state index is 13.9. The lowest BCUT2D eigenvalue weighted by Crippen LogP contribution is -2.31. The second-order valence-electron chi connectivity index (χ2n) is 7.89. The van der Waals surface area contributed by atoms with Gasteiger partial charge in [-0.2, -0.15) is 5.10 Å². The van der Waals surface area contributed by atoms with Gasteiger partial charge in [-0.3, -0.25) is 8.65 Å². The van der Waals surface area contributed by atoms with E-state index in [-0.39, 0.29) is 5.82 Å². The van der Waals surface area contributed by atoms with Crippen molar-refractivity contribution in [2.45, 2.75) is 18.9 Å². The number of fused-ring (bicyclic) bond motifs is 1. The normalized spacial score (nSPS) is 15.7. The Morgan fingerprint density at radius 3 is 2.68 bits per heavy atom. The number of nitrogens with zero attached hydrogens (tertiary/aromatic N) is 5. The molecule has 1 aliphatic heterocycles. The third-order valence-electron chi connectivity index (χ3n) is 5.88. The molecule has 0 aliphatic carbocycles. The molecule has 0 spiro atoms. The molecule has 1 aromatic carbocycles. The van der Waals surface area contributed by atoms with Crippen molar-refractivity contribution in [3.8, 4) is 22.3 Å². The van der Waals surface area contributed by atoms with Crippen molar-refractivity contribution < 1.29 is 4.39 Å². The summed E-state index contributed by atoms with van der Waals surface area (Å²) in [5.74, 6) is -0.257. The van der Waals surface area contributed by atoms with Gasteiger partial charge in [-0.15, -0.1) is 0 Å². The van der Waals surface area contributed by atoms with Crippen LogP contribution < -0.4 is 0 Å². The molecule has 0 amide bonds. The van der Waals surface area contributed by atoms with Gasteiger partial charge in [0.1, 0.15) is 5.82 Å². The second-order valence-corrected chi connectivity index (χ2v) is 9.96. The Balaban J connectivity index is 1.58. The Morgan fingerprint density at radius 2 is 1.94 bits per heavy atom. The molecule has 0 radical (unpaired) electrons. The lowest BCUT2D eigenvalue weighted by molar-refractivity contribution is 0.212. The van der Waals surface area contributed by atoms with Gasteiger partial charge in [0.05, 0.1) is 6.04 Å². The maximum atomic E-state index is 13.9. The van der Waals surface area contributed by atoms with E-state index in [1.165, 1.54) is 15.2 Å². The molecule has 1 saturated heterocycles. The summed E-state index contributed by atoms with van der Waals surface area (Å²) in [5.41, 5.74) is 4.37. The molecule has 0 saturated carbocycles. The molecular weight excluding hydrogens is 548 g/mol. The summed E-state index contributed by atoms with van der Waals surface area (Å²) in [6.45, 7) is 2.12. The molecule has 0 N–H and O–H groups in total. The van der Waals surface area contributed by atoms with Crippen molar-refractivity contribution in [2.75, 3.05) is 20.1 Å². The van der Waals surface area contributed by atoms with Crippen LogP contribution in [-0.2, 0) is 0 Å². The highest BCUT2D eigenvalue weighted by atomic mass is 127. The highest BCUT2D eigenvalue weighted by molar-refractivity contribution is 14.2. The topological polar surface area (TPSA) is 38.9 Å². The predicted octanol–water partition coefficient (Wildman–Crippen LogP) is 6.47. The lowest BCUT2D eigenvalue weighted by atomic mass is 10.0. The van der Waals surface area contributed by atoms with Crippen LogP contribution in [0.15, 0.2) is 48.9 Å². The molecule has 4 aromatic rings. The molecule has 4 heterocycles. The van der Waals surface area contributed by atoms with Gasteiger partial charge >= 0.3 is 0 Å². The third-order valence-corrected chi connectivity index (χ3v) is 7.86. The van der Waals surface area contributed by atoms with Gasteiger partial charge < -0.3 is 4.90 Å². The van der Waals surface area contributed by atoms with Crippen molar-refractivity contribution in [3.63, 3.8) is 0 Å². The zero-order valence-electron chi connectivity index (χ0n) is 16.8. The van der Waals surface area contributed by atoms with Crippen LogP contribution in [0.3, 0.4) is 0 Å². The van der Waals surface area contributed by atoms with Crippen LogP contribution in [0, 0.1) is 5.82 Å². The molecule has 5 rings (SSSR count). The number of piperidine rings is 1. The molecule has 31 heavy (non-hydrogen) atoms. The zero-order chi connectivity index (χ0) is 21.5. The summed E-state index contributed by atoms with van der Waals surface area (Å²) in [4.78, 5) is 7.05. The van der Waals surface area contributed by atoms with E-state index in [9.17, 15) is 4.39 Å². The highest BCUT2D eigenvalue weighted by Gasteiger charge is 2.22. The minimum Gasteiger partial charge on any atom is -0.306 e. The predicted molar refractivity (Wildman–Crippen MR) is 134 cm³/mol. The Hall–Kier alpha value is -1.62. The highest BCUT2D eigenvalue weighted by Crippen LogP contribution is 2.37. The summed E-state index contributed by atoms with van der Waals surface area (Å²) in [6, 6.07) is 9.08. The molecule has 1 fully saturated rings. The third kappa shape index (κ3) is 4.10. The Morgan fingerprint density at radius 1 is 1.13 bits per heavy atom. The minimum atomic E-state index is -0.257. The van der Waals surface area contributed by atoms with Gasteiger partial charge in [0.15, 0.2) is 10.8 Å². The fraction of sp³-hybridized carbons (Fsp3) is 0.273. The van der Waals surface area contributed by atoms with E-state index in [1.807, 2.05) is 33.3 Å². The van der Waals surface area contributed by atoms with Crippen LogP contribution >= 0.6 is 41.9 Å². The number of likely N-dealkylation sites (tertiary alicyclic amines) is 1. The number of hydrogen-bond acceptors (Lipinski definition) is 4. The number of benzene rings is 1. The smallest absolute Gasteiger partial charge is 0.158 e. The van der Waals surface area contributed by atoms with E-state index in [0.717, 1.165) is 59.2 Å². The lowest BCUT2D eigenvalue weighted by Gasteiger charge is -2.28. The van der Waals surface area contributed by atoms with E-state index in [4.69, 9.17) is 16.6 Å². The van der Waals surface area contributed by atoms with Crippen molar-refractivity contribution >= 4 is 53.0 Å². The fourth-order valence-electron chi connectivity index (χ4n) is 4.18. The summed E-state index contributed by atoms with van der Waals surface area (Å²) in [5, 5.41) is 6.04. The molecule has 0 bridgehead atoms. The molecule has 9 heteroatoms. The van der Waals surface area contributed by atoms with Crippen molar-refractivity contribution in [3.05, 3.63) is 59.9 Å². The average Bonchev–Trinajstić information content (AvgIpc) is 3.34. The van der Waals surface area contributed by atoms with Gasteiger partial charge in [0.2, 0.25) is 0 Å². The first-order chi connectivity index (χ1) is 15.0. The number of halogens is 3. The van der Waals surface area contributed by atoms with Crippen LogP contribution in [0.2, 0.25) is 5.15 Å². The first-order valence-electron chi connectivity index (χ1n) is 10.0. The van der Waals surface area contributed by atoms with Crippen molar-refractivity contribution in [1.29, 1.82) is 0 Å². The molecule has 0 atom stereocenters. The Labute approximate surface area is 201 Å². The van der Waals surface area contributed by atoms with E-state index in [0.29, 0.717) is 11.2 Å². The van der Waals surface area contributed by atoms with Gasteiger partial charge in [-0.25, -0.2) is 9.37 Å². The van der Waals surface area contributed by atoms with Gasteiger partial charge in [0.25, 0.3) is 0 Å². The van der Waals surface area contributed by atoms with Crippen molar-refractivity contribution in [1.82, 2.24) is 23.6 Å². The molecular formula is C22H20ClFIN5S. The molecule has 3 aromatic heterocycles. The maximum Gasteiger partial charge on any atom is 0.158 e. The van der Waals surface area contributed by atoms with Crippen LogP contribution in [0.5, 0.6) is 0 Å². The first-order valence-corrected chi connectivity index (χ1v) is 13.7. The molecule has 0 unspecified atom stereocenters. The van der Waals surface area contributed by atoms with E-state index in [2.05, 4.69) is 44.3 Å². The van der Waals surface area contributed by atoms with Gasteiger partial charge in [-0.05, 0) is 56.7 Å². The summed E-state index contributed by atoms with van der Waals surface area (Å²) >= 11 is 8.78. The molecule has 5 nitrogen and oxygen atoms in total. The first kappa shape index (κ1) is 21.2. The van der Waals surface area contributed by atoms with Crippen LogP contribution in [0.4, 0.5) is 4.39 Å².